The molecule has 0 saturated heterocycles. The second-order valence-corrected chi connectivity index (χ2v) is 2.84. The van der Waals surface area contributed by atoms with Crippen LogP contribution < -0.4 is 0 Å². The monoisotopic (exact) mass is 162 g/mol. The predicted octanol–water partition coefficient (Wildman–Crippen LogP) is 2.66. The first-order valence-electron chi connectivity index (χ1n) is 3.81. The normalized spacial score (nSPS) is 9.58. The van der Waals surface area contributed by atoms with Crippen LogP contribution in [-0.4, -0.2) is 6.29 Å². The lowest BCUT2D eigenvalue weighted by atomic mass is 10.1. The minimum atomic E-state index is 0.701. The van der Waals surface area contributed by atoms with Gasteiger partial charge in [-0.2, -0.15) is 5.57 Å². The summed E-state index contributed by atoms with van der Waals surface area (Å²) in [6.45, 7) is 11.0. The minimum Gasteiger partial charge on any atom is -0.355 e. The van der Waals surface area contributed by atoms with E-state index in [9.17, 15) is 4.79 Å². The summed E-state index contributed by atoms with van der Waals surface area (Å²) < 4.78 is 0. The molecule has 0 aromatic rings. The van der Waals surface area contributed by atoms with Crippen LogP contribution in [0.4, 0.5) is 0 Å². The quantitative estimate of drug-likeness (QED) is 0.269. The summed E-state index contributed by atoms with van der Waals surface area (Å²) in [5.41, 5.74) is 2.43. The Kier molecular flexibility index (Phi) is 4.86. The van der Waals surface area contributed by atoms with Crippen molar-refractivity contribution < 1.29 is 4.79 Å². The predicted molar refractivity (Wildman–Crippen MR) is 51.4 cm³/mol. The largest absolute Gasteiger partial charge is 0.355 e. The Morgan fingerprint density at radius 1 is 1.33 bits per heavy atom. The van der Waals surface area contributed by atoms with Crippen molar-refractivity contribution in [3.63, 3.8) is 0 Å². The molecule has 0 aliphatic heterocycles. The summed E-state index contributed by atoms with van der Waals surface area (Å²) in [7, 11) is 0. The third-order valence-electron chi connectivity index (χ3n) is 1.34. The highest BCUT2D eigenvalue weighted by atomic mass is 16.1. The Balaban J connectivity index is 4.17. The molecule has 0 fully saturated rings. The Morgan fingerprint density at radius 3 is 2.25 bits per heavy atom. The highest BCUT2D eigenvalue weighted by molar-refractivity contribution is 5.78. The summed E-state index contributed by atoms with van der Waals surface area (Å²) in [6, 6.07) is 0. The van der Waals surface area contributed by atoms with Gasteiger partial charge in [-0.25, -0.2) is 0 Å². The first kappa shape index (κ1) is 10.8. The molecule has 0 spiro atoms. The molecule has 0 amide bonds. The van der Waals surface area contributed by atoms with Crippen molar-refractivity contribution in [3.8, 4) is 0 Å². The van der Waals surface area contributed by atoms with Gasteiger partial charge in [0.05, 0.1) is 6.29 Å². The third kappa shape index (κ3) is 4.56. The number of rotatable bonds is 4. The van der Waals surface area contributed by atoms with E-state index < -0.39 is 0 Å². The molecule has 0 aromatic heterocycles. The molecular weight excluding hydrogens is 148 g/mol. The highest BCUT2D eigenvalue weighted by Gasteiger charge is 1.84. The van der Waals surface area contributed by atoms with Gasteiger partial charge < -0.3 is 4.79 Å². The summed E-state index contributed by atoms with van der Waals surface area (Å²) in [5, 5.41) is 0. The SMILES string of the molecule is [CH-]=C(C)/C=C/[CH-]C(C=O)=C(C)C. The van der Waals surface area contributed by atoms with Gasteiger partial charge >= 0.3 is 0 Å². The molecule has 0 saturated carbocycles. The van der Waals surface area contributed by atoms with Crippen molar-refractivity contribution in [2.45, 2.75) is 20.8 Å². The average Bonchev–Trinajstić information content (AvgIpc) is 1.96. The topological polar surface area (TPSA) is 17.1 Å². The van der Waals surface area contributed by atoms with E-state index in [0.29, 0.717) is 5.57 Å². The maximum Gasteiger partial charge on any atom is 0.0657 e. The first-order chi connectivity index (χ1) is 5.57. The van der Waals surface area contributed by atoms with Gasteiger partial charge in [0.15, 0.2) is 0 Å². The average molecular weight is 162 g/mol. The first-order valence-corrected chi connectivity index (χ1v) is 3.81. The fourth-order valence-corrected chi connectivity index (χ4v) is 0.627. The van der Waals surface area contributed by atoms with Gasteiger partial charge in [0, 0.05) is 0 Å². The van der Waals surface area contributed by atoms with E-state index in [1.165, 1.54) is 0 Å². The molecule has 0 heterocycles. The van der Waals surface area contributed by atoms with E-state index in [0.717, 1.165) is 17.4 Å². The maximum atomic E-state index is 10.5. The van der Waals surface area contributed by atoms with Crippen molar-refractivity contribution in [3.05, 3.63) is 41.9 Å². The second kappa shape index (κ2) is 5.42. The van der Waals surface area contributed by atoms with Crippen LogP contribution in [0.2, 0.25) is 0 Å². The molecule has 0 radical (unpaired) electrons. The molecule has 0 rings (SSSR count). The van der Waals surface area contributed by atoms with Gasteiger partial charge in [-0.3, -0.25) is 6.58 Å². The van der Waals surface area contributed by atoms with E-state index >= 15 is 0 Å². The smallest absolute Gasteiger partial charge is 0.0657 e. The minimum absolute atomic E-state index is 0.701. The fourth-order valence-electron chi connectivity index (χ4n) is 0.627. The molecule has 0 N–H and O–H groups in total. The van der Waals surface area contributed by atoms with Gasteiger partial charge in [0.1, 0.15) is 0 Å². The van der Waals surface area contributed by atoms with Gasteiger partial charge in [-0.05, 0) is 0 Å². The molecule has 0 bridgehead atoms. The lowest BCUT2D eigenvalue weighted by Crippen LogP contribution is -1.86. The Bertz CT molecular complexity index is 227. The molecule has 0 aromatic carbocycles. The van der Waals surface area contributed by atoms with Gasteiger partial charge in [0.2, 0.25) is 0 Å². The molecule has 1 heteroatoms. The van der Waals surface area contributed by atoms with Crippen molar-refractivity contribution in [1.82, 2.24) is 0 Å². The molecule has 12 heavy (non-hydrogen) atoms. The number of hydrogen-bond acceptors (Lipinski definition) is 1. The van der Waals surface area contributed by atoms with Crippen LogP contribution in [0.15, 0.2) is 28.9 Å². The van der Waals surface area contributed by atoms with Crippen LogP contribution in [0.3, 0.4) is 0 Å². The zero-order valence-corrected chi connectivity index (χ0v) is 7.79. The Labute approximate surface area is 74.5 Å². The number of allylic oxidation sites excluding steroid dienone is 5. The van der Waals surface area contributed by atoms with Crippen LogP contribution in [-0.2, 0) is 4.79 Å². The van der Waals surface area contributed by atoms with E-state index in [1.807, 2.05) is 13.8 Å². The van der Waals surface area contributed by atoms with Crippen LogP contribution >= 0.6 is 0 Å². The van der Waals surface area contributed by atoms with Crippen LogP contribution in [0.25, 0.3) is 0 Å². The standard InChI is InChI=1S/C11H14O/c1-9(2)6-5-7-11(8-12)10(3)4/h1,5-8H,2-4H3/q-2/b6-5+. The van der Waals surface area contributed by atoms with Gasteiger partial charge in [-0.15, -0.1) is 29.7 Å². The van der Waals surface area contributed by atoms with Gasteiger partial charge in [-0.1, -0.05) is 20.8 Å². The van der Waals surface area contributed by atoms with Crippen molar-refractivity contribution in [2.24, 2.45) is 0 Å². The summed E-state index contributed by atoms with van der Waals surface area (Å²) >= 11 is 0. The van der Waals surface area contributed by atoms with Crippen molar-refractivity contribution in [1.29, 1.82) is 0 Å². The molecule has 0 aliphatic carbocycles. The summed E-state index contributed by atoms with van der Waals surface area (Å²) in [6.07, 6.45) is 6.11. The number of carbonyl (C=O) groups is 1. The fraction of sp³-hybridized carbons (Fsp3) is 0.273. The van der Waals surface area contributed by atoms with E-state index in [-0.39, 0.29) is 0 Å². The zero-order valence-electron chi connectivity index (χ0n) is 7.79. The lowest BCUT2D eigenvalue weighted by molar-refractivity contribution is -0.104. The zero-order chi connectivity index (χ0) is 9.56. The molecule has 0 aliphatic rings. The molecular formula is C11H14O-2. The Morgan fingerprint density at radius 2 is 1.92 bits per heavy atom. The van der Waals surface area contributed by atoms with E-state index in [4.69, 9.17) is 6.58 Å². The maximum absolute atomic E-state index is 10.5. The number of aldehydes is 1. The second-order valence-electron chi connectivity index (χ2n) is 2.84. The summed E-state index contributed by atoms with van der Waals surface area (Å²) in [4.78, 5) is 10.5. The lowest BCUT2D eigenvalue weighted by Gasteiger charge is -2.05. The van der Waals surface area contributed by atoms with Gasteiger partial charge in [0.25, 0.3) is 0 Å². The summed E-state index contributed by atoms with van der Waals surface area (Å²) in [5.74, 6) is 0. The third-order valence-corrected chi connectivity index (χ3v) is 1.34. The molecule has 0 atom stereocenters. The number of carbonyl (C=O) groups excluding carboxylic acids is 1. The van der Waals surface area contributed by atoms with E-state index in [1.54, 1.807) is 25.5 Å². The molecule has 66 valence electrons. The van der Waals surface area contributed by atoms with Crippen LogP contribution in [0, 0.1) is 13.0 Å². The van der Waals surface area contributed by atoms with Crippen LogP contribution in [0.1, 0.15) is 20.8 Å². The van der Waals surface area contributed by atoms with Crippen molar-refractivity contribution >= 4 is 6.29 Å². The van der Waals surface area contributed by atoms with Crippen molar-refractivity contribution in [2.75, 3.05) is 0 Å². The van der Waals surface area contributed by atoms with E-state index in [2.05, 4.69) is 0 Å². The number of hydrogen-bond donors (Lipinski definition) is 0. The van der Waals surface area contributed by atoms with Crippen LogP contribution in [0.5, 0.6) is 0 Å². The molecule has 0 unspecified atom stereocenters. The highest BCUT2D eigenvalue weighted by Crippen LogP contribution is 2.05. The molecule has 1 nitrogen and oxygen atoms in total. The Hall–Kier alpha value is -1.24.